The molecule has 12 heteroatoms. The normalized spacial score (nSPS) is 13.1. The lowest BCUT2D eigenvalue weighted by molar-refractivity contribution is -0.141. The second-order valence-electron chi connectivity index (χ2n) is 9.59. The van der Waals surface area contributed by atoms with Crippen molar-refractivity contribution in [3.63, 3.8) is 0 Å². The molecule has 0 bridgehead atoms. The van der Waals surface area contributed by atoms with Gasteiger partial charge in [0.05, 0.1) is 17.5 Å². The highest BCUT2D eigenvalue weighted by Crippen LogP contribution is 2.32. The molecule has 7 nitrogen and oxygen atoms in total. The fraction of sp³-hybridized carbons (Fsp3) is 0.440. The smallest absolute Gasteiger partial charge is 0.350 e. The number of hydrogen-bond acceptors (Lipinski definition) is 4. The predicted molar refractivity (Wildman–Crippen MR) is 138 cm³/mol. The number of amides is 2. The Morgan fingerprint density at radius 3 is 2.19 bits per heavy atom. The summed E-state index contributed by atoms with van der Waals surface area (Å²) in [5.74, 6) is -1.24. The fourth-order valence-electron chi connectivity index (χ4n) is 3.63. The molecule has 204 valence electrons. The lowest BCUT2D eigenvalue weighted by Gasteiger charge is -2.34. The van der Waals surface area contributed by atoms with Crippen molar-refractivity contribution >= 4 is 39.1 Å². The van der Waals surface area contributed by atoms with Gasteiger partial charge in [-0.05, 0) is 57.0 Å². The average molecular weight is 562 g/mol. The number of nitrogens with one attached hydrogen (secondary N) is 1. The zero-order valence-electron chi connectivity index (χ0n) is 21.3. The predicted octanol–water partition coefficient (Wildman–Crippen LogP) is 4.85. The van der Waals surface area contributed by atoms with Gasteiger partial charge in [0.1, 0.15) is 12.6 Å². The van der Waals surface area contributed by atoms with E-state index in [0.717, 1.165) is 18.4 Å². The molecule has 0 radical (unpaired) electrons. The summed E-state index contributed by atoms with van der Waals surface area (Å²) < 4.78 is 65.6. The number of sulfonamides is 1. The van der Waals surface area contributed by atoms with Crippen LogP contribution in [0, 0.1) is 0 Å². The maximum atomic E-state index is 13.6. The van der Waals surface area contributed by atoms with Gasteiger partial charge < -0.3 is 10.2 Å². The number of alkyl halides is 3. The van der Waals surface area contributed by atoms with Crippen molar-refractivity contribution in [2.45, 2.75) is 58.4 Å². The summed E-state index contributed by atoms with van der Waals surface area (Å²) in [5, 5.41) is 3.16. The Morgan fingerprint density at radius 1 is 1.05 bits per heavy atom. The molecule has 1 N–H and O–H groups in total. The van der Waals surface area contributed by atoms with Gasteiger partial charge in [-0.3, -0.25) is 13.9 Å². The topological polar surface area (TPSA) is 86.8 Å². The molecule has 0 unspecified atom stereocenters. The Kier molecular flexibility index (Phi) is 9.64. The van der Waals surface area contributed by atoms with Crippen LogP contribution in [-0.4, -0.2) is 49.5 Å². The molecule has 2 aromatic carbocycles. The van der Waals surface area contributed by atoms with Crippen molar-refractivity contribution in [1.82, 2.24) is 10.2 Å². The van der Waals surface area contributed by atoms with Crippen LogP contribution in [0.3, 0.4) is 0 Å². The van der Waals surface area contributed by atoms with Crippen molar-refractivity contribution in [2.75, 3.05) is 17.1 Å². The number of halogens is 4. The van der Waals surface area contributed by atoms with E-state index in [2.05, 4.69) is 5.32 Å². The summed E-state index contributed by atoms with van der Waals surface area (Å²) in [4.78, 5) is 27.9. The molecule has 37 heavy (non-hydrogen) atoms. The van der Waals surface area contributed by atoms with Crippen LogP contribution in [0.1, 0.15) is 45.2 Å². The summed E-state index contributed by atoms with van der Waals surface area (Å²) in [6, 6.07) is 9.38. The number of carbonyl (C=O) groups is 2. The summed E-state index contributed by atoms with van der Waals surface area (Å²) in [7, 11) is -4.18. The lowest BCUT2D eigenvalue weighted by atomic mass is 10.1. The third-order valence-electron chi connectivity index (χ3n) is 5.32. The van der Waals surface area contributed by atoms with Gasteiger partial charge in [-0.25, -0.2) is 8.42 Å². The molecule has 0 saturated carbocycles. The summed E-state index contributed by atoms with van der Waals surface area (Å²) in [6.07, 6.45) is -3.72. The van der Waals surface area contributed by atoms with E-state index in [1.807, 2.05) is 0 Å². The highest BCUT2D eigenvalue weighted by atomic mass is 35.5. The first kappa shape index (κ1) is 30.4. The second kappa shape index (κ2) is 11.7. The third kappa shape index (κ3) is 8.63. The molecule has 0 heterocycles. The maximum Gasteiger partial charge on any atom is 0.416 e. The van der Waals surface area contributed by atoms with E-state index < -0.39 is 51.7 Å². The molecule has 0 aromatic heterocycles. The molecule has 0 fully saturated rings. The van der Waals surface area contributed by atoms with Gasteiger partial charge in [0, 0.05) is 17.1 Å². The van der Waals surface area contributed by atoms with Crippen LogP contribution < -0.4 is 9.62 Å². The van der Waals surface area contributed by atoms with Crippen LogP contribution in [0.2, 0.25) is 5.02 Å². The van der Waals surface area contributed by atoms with Crippen LogP contribution in [0.15, 0.2) is 48.5 Å². The first-order chi connectivity index (χ1) is 16.9. The molecule has 0 aliphatic rings. The standard InChI is InChI=1S/C25H31ClF3N3O4S/c1-6-21(23(34)30-24(2,3)4)31(15-17-10-7-8-13-20(17)26)22(33)16-32(37(5,35)36)19-12-9-11-18(14-19)25(27,28)29/h7-14,21H,6,15-16H2,1-5H3,(H,30,34)/t21-/m0/s1. The summed E-state index contributed by atoms with van der Waals surface area (Å²) >= 11 is 6.29. The number of hydrogen-bond donors (Lipinski definition) is 1. The Bertz CT molecular complexity index is 1230. The molecular formula is C25H31ClF3N3O4S. The number of anilines is 1. The van der Waals surface area contributed by atoms with E-state index in [1.54, 1.807) is 52.0 Å². The Balaban J connectivity index is 2.52. The molecule has 0 spiro atoms. The number of rotatable bonds is 9. The SMILES string of the molecule is CC[C@@H](C(=O)NC(C)(C)C)N(Cc1ccccc1Cl)C(=O)CN(c1cccc(C(F)(F)F)c1)S(C)(=O)=O. The van der Waals surface area contributed by atoms with Gasteiger partial charge >= 0.3 is 6.18 Å². The van der Waals surface area contributed by atoms with Gasteiger partial charge in [0.15, 0.2) is 0 Å². The number of carbonyl (C=O) groups excluding carboxylic acids is 2. The van der Waals surface area contributed by atoms with Crippen molar-refractivity contribution < 1.29 is 31.2 Å². The maximum absolute atomic E-state index is 13.6. The fourth-order valence-corrected chi connectivity index (χ4v) is 4.67. The minimum absolute atomic E-state index is 0.116. The molecule has 1 atom stereocenters. The number of benzene rings is 2. The van der Waals surface area contributed by atoms with E-state index in [-0.39, 0.29) is 18.7 Å². The van der Waals surface area contributed by atoms with Crippen LogP contribution in [-0.2, 0) is 32.3 Å². The third-order valence-corrected chi connectivity index (χ3v) is 6.83. The monoisotopic (exact) mass is 561 g/mol. The minimum atomic E-state index is -4.71. The summed E-state index contributed by atoms with van der Waals surface area (Å²) in [6.45, 7) is 6.09. The average Bonchev–Trinajstić information content (AvgIpc) is 2.76. The number of nitrogens with zero attached hydrogens (tertiary/aromatic N) is 2. The largest absolute Gasteiger partial charge is 0.416 e. The molecule has 2 amide bonds. The van der Waals surface area contributed by atoms with Crippen molar-refractivity contribution in [1.29, 1.82) is 0 Å². The highest BCUT2D eigenvalue weighted by Gasteiger charge is 2.35. The minimum Gasteiger partial charge on any atom is -0.350 e. The van der Waals surface area contributed by atoms with Gasteiger partial charge in [-0.2, -0.15) is 13.2 Å². The Morgan fingerprint density at radius 2 is 1.68 bits per heavy atom. The molecule has 0 aliphatic heterocycles. The molecule has 2 rings (SSSR count). The second-order valence-corrected chi connectivity index (χ2v) is 11.9. The van der Waals surface area contributed by atoms with Crippen LogP contribution >= 0.6 is 11.6 Å². The Labute approximate surface area is 220 Å². The van der Waals surface area contributed by atoms with Crippen LogP contribution in [0.25, 0.3) is 0 Å². The van der Waals surface area contributed by atoms with E-state index in [9.17, 15) is 31.2 Å². The van der Waals surface area contributed by atoms with Crippen LogP contribution in [0.5, 0.6) is 0 Å². The highest BCUT2D eigenvalue weighted by molar-refractivity contribution is 7.92. The van der Waals surface area contributed by atoms with E-state index in [4.69, 9.17) is 11.6 Å². The molecule has 0 aliphatic carbocycles. The van der Waals surface area contributed by atoms with Crippen molar-refractivity contribution in [3.05, 3.63) is 64.7 Å². The quantitative estimate of drug-likeness (QED) is 0.474. The van der Waals surface area contributed by atoms with Gasteiger partial charge in [0.2, 0.25) is 21.8 Å². The Hall–Kier alpha value is -2.79. The van der Waals surface area contributed by atoms with Gasteiger partial charge in [-0.15, -0.1) is 0 Å². The van der Waals surface area contributed by atoms with Crippen LogP contribution in [0.4, 0.5) is 18.9 Å². The lowest BCUT2D eigenvalue weighted by Crippen LogP contribution is -2.55. The first-order valence-corrected chi connectivity index (χ1v) is 13.7. The van der Waals surface area contributed by atoms with Crippen molar-refractivity contribution in [3.8, 4) is 0 Å². The molecular weight excluding hydrogens is 531 g/mol. The van der Waals surface area contributed by atoms with Gasteiger partial charge in [-0.1, -0.05) is 42.8 Å². The summed E-state index contributed by atoms with van der Waals surface area (Å²) in [5.41, 5.74) is -1.48. The molecule has 2 aromatic rings. The van der Waals surface area contributed by atoms with Gasteiger partial charge in [0.25, 0.3) is 0 Å². The zero-order chi connectivity index (χ0) is 28.2. The van der Waals surface area contributed by atoms with E-state index in [1.165, 1.54) is 11.0 Å². The van der Waals surface area contributed by atoms with E-state index >= 15 is 0 Å². The van der Waals surface area contributed by atoms with Crippen molar-refractivity contribution in [2.24, 2.45) is 0 Å². The molecule has 0 saturated heterocycles. The zero-order valence-corrected chi connectivity index (χ0v) is 22.8. The van der Waals surface area contributed by atoms with E-state index in [0.29, 0.717) is 21.0 Å². The first-order valence-electron chi connectivity index (χ1n) is 11.4.